The van der Waals surface area contributed by atoms with E-state index in [1.54, 1.807) is 0 Å². The van der Waals surface area contributed by atoms with Crippen LogP contribution in [0.2, 0.25) is 0 Å². The molecule has 3 heteroatoms. The van der Waals surface area contributed by atoms with Gasteiger partial charge >= 0.3 is 0 Å². The number of likely N-dealkylation sites (N-methyl/N-ethyl adjacent to an activating group) is 1. The molecule has 1 saturated heterocycles. The Bertz CT molecular complexity index is 202. The van der Waals surface area contributed by atoms with Crippen molar-refractivity contribution in [3.63, 3.8) is 0 Å². The zero-order chi connectivity index (χ0) is 12.2. The van der Waals surface area contributed by atoms with Gasteiger partial charge in [0.1, 0.15) is 0 Å². The Morgan fingerprint density at radius 2 is 2.19 bits per heavy atom. The first-order valence-corrected chi connectivity index (χ1v) is 6.49. The van der Waals surface area contributed by atoms with Crippen molar-refractivity contribution in [3.8, 4) is 0 Å². The van der Waals surface area contributed by atoms with Gasteiger partial charge in [-0.25, -0.2) is 0 Å². The maximum absolute atomic E-state index is 5.94. The summed E-state index contributed by atoms with van der Waals surface area (Å²) in [6.07, 6.45) is 2.50. The number of hydrogen-bond acceptors (Lipinski definition) is 3. The molecule has 2 atom stereocenters. The highest BCUT2D eigenvalue weighted by molar-refractivity contribution is 4.89. The Kier molecular flexibility index (Phi) is 5.22. The van der Waals surface area contributed by atoms with E-state index in [9.17, 15) is 0 Å². The average molecular weight is 228 g/mol. The lowest BCUT2D eigenvalue weighted by Gasteiger charge is -2.43. The Labute approximate surface area is 100 Å². The van der Waals surface area contributed by atoms with Crippen LogP contribution < -0.4 is 5.73 Å². The average Bonchev–Trinajstić information content (AvgIpc) is 2.28. The highest BCUT2D eigenvalue weighted by Crippen LogP contribution is 2.25. The number of hydrogen-bond donors (Lipinski definition) is 1. The van der Waals surface area contributed by atoms with Crippen molar-refractivity contribution < 1.29 is 4.74 Å². The summed E-state index contributed by atoms with van der Waals surface area (Å²) in [5.74, 6) is 1.26. The second-order valence-corrected chi connectivity index (χ2v) is 5.68. The summed E-state index contributed by atoms with van der Waals surface area (Å²) in [4.78, 5) is 2.43. The Morgan fingerprint density at radius 3 is 2.62 bits per heavy atom. The zero-order valence-electron chi connectivity index (χ0n) is 11.3. The normalized spacial score (nSPS) is 26.1. The van der Waals surface area contributed by atoms with Gasteiger partial charge in [0, 0.05) is 25.2 Å². The van der Waals surface area contributed by atoms with Gasteiger partial charge in [0.15, 0.2) is 0 Å². The van der Waals surface area contributed by atoms with Crippen molar-refractivity contribution in [2.45, 2.75) is 39.2 Å². The quantitative estimate of drug-likeness (QED) is 0.778. The second-order valence-electron chi connectivity index (χ2n) is 5.68. The van der Waals surface area contributed by atoms with Gasteiger partial charge < -0.3 is 10.5 Å². The van der Waals surface area contributed by atoms with Crippen LogP contribution in [0.15, 0.2) is 0 Å². The van der Waals surface area contributed by atoms with Crippen LogP contribution in [0.4, 0.5) is 0 Å². The minimum absolute atomic E-state index is 0.109. The van der Waals surface area contributed by atoms with E-state index in [0.717, 1.165) is 26.3 Å². The first-order chi connectivity index (χ1) is 7.50. The fourth-order valence-electron chi connectivity index (χ4n) is 2.38. The molecule has 0 saturated carbocycles. The highest BCUT2D eigenvalue weighted by atomic mass is 16.5. The molecule has 1 aliphatic rings. The lowest BCUT2D eigenvalue weighted by Crippen LogP contribution is -2.55. The molecular weight excluding hydrogens is 200 g/mol. The number of nitrogens with zero attached hydrogens (tertiary/aromatic N) is 1. The van der Waals surface area contributed by atoms with E-state index in [0.29, 0.717) is 11.8 Å². The molecule has 1 aliphatic heterocycles. The minimum atomic E-state index is 0.109. The van der Waals surface area contributed by atoms with Gasteiger partial charge in [-0.2, -0.15) is 0 Å². The van der Waals surface area contributed by atoms with Crippen LogP contribution in [0.25, 0.3) is 0 Å². The van der Waals surface area contributed by atoms with Crippen molar-refractivity contribution >= 4 is 0 Å². The molecule has 1 rings (SSSR count). The molecule has 1 fully saturated rings. The van der Waals surface area contributed by atoms with Crippen molar-refractivity contribution in [2.24, 2.45) is 17.6 Å². The summed E-state index contributed by atoms with van der Waals surface area (Å²) in [7, 11) is 2.20. The maximum atomic E-state index is 5.94. The van der Waals surface area contributed by atoms with E-state index in [1.165, 1.54) is 12.8 Å². The van der Waals surface area contributed by atoms with E-state index in [1.807, 2.05) is 0 Å². The molecule has 0 aromatic heterocycles. The lowest BCUT2D eigenvalue weighted by atomic mass is 9.86. The van der Waals surface area contributed by atoms with E-state index in [-0.39, 0.29) is 5.54 Å². The lowest BCUT2D eigenvalue weighted by molar-refractivity contribution is 0.0133. The number of nitrogens with two attached hydrogens (primary N) is 1. The monoisotopic (exact) mass is 228 g/mol. The third-order valence-electron chi connectivity index (χ3n) is 4.32. The molecule has 16 heavy (non-hydrogen) atoms. The molecule has 0 aliphatic carbocycles. The standard InChI is InChI=1S/C13H28N2O/c1-11(2)13(3,10-14)15(4)8-12-6-5-7-16-9-12/h11-12H,5-10,14H2,1-4H3. The van der Waals surface area contributed by atoms with Gasteiger partial charge in [-0.15, -0.1) is 0 Å². The zero-order valence-corrected chi connectivity index (χ0v) is 11.3. The number of ether oxygens (including phenoxy) is 1. The van der Waals surface area contributed by atoms with Crippen LogP contribution in [0.1, 0.15) is 33.6 Å². The van der Waals surface area contributed by atoms with Crippen molar-refractivity contribution in [2.75, 3.05) is 33.4 Å². The molecule has 0 aromatic carbocycles. The van der Waals surface area contributed by atoms with Crippen molar-refractivity contribution in [1.29, 1.82) is 0 Å². The Morgan fingerprint density at radius 1 is 1.50 bits per heavy atom. The molecule has 0 aromatic rings. The summed E-state index contributed by atoms with van der Waals surface area (Å²) in [5, 5.41) is 0. The van der Waals surface area contributed by atoms with Crippen molar-refractivity contribution in [1.82, 2.24) is 4.90 Å². The summed E-state index contributed by atoms with van der Waals surface area (Å²) < 4.78 is 5.53. The first-order valence-electron chi connectivity index (χ1n) is 6.49. The molecule has 0 spiro atoms. The summed E-state index contributed by atoms with van der Waals surface area (Å²) in [6, 6.07) is 0. The van der Waals surface area contributed by atoms with E-state index >= 15 is 0 Å². The Hall–Kier alpha value is -0.120. The van der Waals surface area contributed by atoms with Gasteiger partial charge in [-0.3, -0.25) is 4.90 Å². The topological polar surface area (TPSA) is 38.5 Å². The molecule has 1 heterocycles. The maximum Gasteiger partial charge on any atom is 0.0506 e. The SMILES string of the molecule is CC(C)C(C)(CN)N(C)CC1CCCOC1. The van der Waals surface area contributed by atoms with Crippen LogP contribution in [-0.4, -0.2) is 43.8 Å². The molecule has 3 nitrogen and oxygen atoms in total. The van der Waals surface area contributed by atoms with Crippen molar-refractivity contribution in [3.05, 3.63) is 0 Å². The van der Waals surface area contributed by atoms with E-state index in [4.69, 9.17) is 10.5 Å². The van der Waals surface area contributed by atoms with Crippen LogP contribution in [0.3, 0.4) is 0 Å². The van der Waals surface area contributed by atoms with Gasteiger partial charge in [-0.1, -0.05) is 13.8 Å². The van der Waals surface area contributed by atoms with Crippen LogP contribution in [0, 0.1) is 11.8 Å². The smallest absolute Gasteiger partial charge is 0.0506 e. The summed E-state index contributed by atoms with van der Waals surface area (Å²) in [6.45, 7) is 10.4. The van der Waals surface area contributed by atoms with Crippen LogP contribution >= 0.6 is 0 Å². The third kappa shape index (κ3) is 3.19. The fourth-order valence-corrected chi connectivity index (χ4v) is 2.38. The van der Waals surface area contributed by atoms with E-state index < -0.39 is 0 Å². The minimum Gasteiger partial charge on any atom is -0.381 e. The fraction of sp³-hybridized carbons (Fsp3) is 1.00. The summed E-state index contributed by atoms with van der Waals surface area (Å²) in [5.41, 5.74) is 6.05. The van der Waals surface area contributed by atoms with Crippen LogP contribution in [0.5, 0.6) is 0 Å². The third-order valence-corrected chi connectivity index (χ3v) is 4.32. The van der Waals surface area contributed by atoms with Gasteiger partial charge in [-0.05, 0) is 38.6 Å². The summed E-state index contributed by atoms with van der Waals surface area (Å²) >= 11 is 0. The number of rotatable bonds is 5. The first kappa shape index (κ1) is 13.9. The molecule has 0 radical (unpaired) electrons. The largest absolute Gasteiger partial charge is 0.381 e. The van der Waals surface area contributed by atoms with Gasteiger partial charge in [0.05, 0.1) is 6.61 Å². The van der Waals surface area contributed by atoms with E-state index in [2.05, 4.69) is 32.7 Å². The molecule has 2 N–H and O–H groups in total. The molecule has 0 amide bonds. The van der Waals surface area contributed by atoms with Crippen LogP contribution in [-0.2, 0) is 4.74 Å². The molecule has 0 bridgehead atoms. The molecule has 96 valence electrons. The van der Waals surface area contributed by atoms with Gasteiger partial charge in [0.25, 0.3) is 0 Å². The highest BCUT2D eigenvalue weighted by Gasteiger charge is 2.32. The Balaban J connectivity index is 2.51. The molecule has 2 unspecified atom stereocenters. The predicted octanol–water partition coefficient (Wildman–Crippen LogP) is 1.72. The molecular formula is C13H28N2O. The predicted molar refractivity (Wildman–Crippen MR) is 68.5 cm³/mol. The van der Waals surface area contributed by atoms with Gasteiger partial charge in [0.2, 0.25) is 0 Å². The second kappa shape index (κ2) is 5.99.